The van der Waals surface area contributed by atoms with E-state index in [0.717, 1.165) is 19.3 Å². The molecule has 1 aliphatic carbocycles. The monoisotopic (exact) mass is 275 g/mol. The van der Waals surface area contributed by atoms with Gasteiger partial charge in [0.15, 0.2) is 0 Å². The van der Waals surface area contributed by atoms with Crippen LogP contribution in [-0.2, 0) is 10.0 Å². The summed E-state index contributed by atoms with van der Waals surface area (Å²) in [7, 11) is -1.46. The maximum atomic E-state index is 12.1. The molecule has 0 spiro atoms. The van der Waals surface area contributed by atoms with Crippen molar-refractivity contribution in [3.8, 4) is 0 Å². The van der Waals surface area contributed by atoms with Crippen molar-refractivity contribution in [3.05, 3.63) is 0 Å². The summed E-state index contributed by atoms with van der Waals surface area (Å²) in [6, 6.07) is 0.000949. The molecule has 1 saturated carbocycles. The van der Waals surface area contributed by atoms with Crippen molar-refractivity contribution < 1.29 is 8.42 Å². The van der Waals surface area contributed by atoms with Gasteiger partial charge in [0.2, 0.25) is 10.0 Å². The number of nitrogens with zero attached hydrogens (tertiary/aromatic N) is 2. The molecule has 0 aromatic heterocycles. The molecule has 0 aromatic carbocycles. The fourth-order valence-corrected chi connectivity index (χ4v) is 3.68. The van der Waals surface area contributed by atoms with Gasteiger partial charge in [0.1, 0.15) is 0 Å². The lowest BCUT2D eigenvalue weighted by molar-refractivity contribution is 0.282. The summed E-state index contributed by atoms with van der Waals surface area (Å²) in [6.07, 6.45) is 2.43. The highest BCUT2D eigenvalue weighted by Gasteiger charge is 2.39. The topological polar surface area (TPSA) is 61.8 Å². The Morgan fingerprint density at radius 1 is 1.44 bits per heavy atom. The number of hydrogen-bond donors (Lipinski definition) is 1. The highest BCUT2D eigenvalue weighted by Crippen LogP contribution is 2.31. The summed E-state index contributed by atoms with van der Waals surface area (Å²) in [5.41, 5.74) is 3.03. The maximum Gasteiger partial charge on any atom is 0.216 e. The summed E-state index contributed by atoms with van der Waals surface area (Å²) >= 11 is 0. The van der Waals surface area contributed by atoms with Gasteiger partial charge in [-0.3, -0.25) is 0 Å². The highest BCUT2D eigenvalue weighted by atomic mass is 32.2. The van der Waals surface area contributed by atoms with Gasteiger partial charge in [0.05, 0.1) is 11.3 Å². The van der Waals surface area contributed by atoms with Crippen LogP contribution in [0, 0.1) is 5.41 Å². The van der Waals surface area contributed by atoms with E-state index < -0.39 is 10.0 Å². The van der Waals surface area contributed by atoms with Crippen LogP contribution in [0.25, 0.3) is 0 Å². The number of hydrazone groups is 1. The Balaban J connectivity index is 2.62. The van der Waals surface area contributed by atoms with Crippen LogP contribution >= 0.6 is 0 Å². The fraction of sp³-hybridized carbons (Fsp3) is 0.917. The van der Waals surface area contributed by atoms with E-state index in [-0.39, 0.29) is 16.7 Å². The number of nitrogens with one attached hydrogen (secondary N) is 1. The molecule has 1 atom stereocenters. The molecule has 1 aliphatic rings. The molecule has 6 heteroatoms. The summed E-state index contributed by atoms with van der Waals surface area (Å²) in [4.78, 5) is 0. The second-order valence-corrected chi connectivity index (χ2v) is 8.59. The summed E-state index contributed by atoms with van der Waals surface area (Å²) in [5.74, 6) is 0. The SMILES string of the molecule is C=NN[C@H](CN(C)S(=O)(=O)C1CC1)CC(C)(C)C. The Kier molecular flexibility index (Phi) is 4.78. The van der Waals surface area contributed by atoms with E-state index in [1.165, 1.54) is 4.31 Å². The van der Waals surface area contributed by atoms with E-state index in [2.05, 4.69) is 38.0 Å². The average molecular weight is 275 g/mol. The van der Waals surface area contributed by atoms with Crippen LogP contribution in [0.2, 0.25) is 0 Å². The van der Waals surface area contributed by atoms with Crippen LogP contribution in [-0.4, -0.2) is 44.3 Å². The van der Waals surface area contributed by atoms with Crippen molar-refractivity contribution >= 4 is 16.7 Å². The Hall–Kier alpha value is -0.620. The third kappa shape index (κ3) is 4.57. The lowest BCUT2D eigenvalue weighted by Crippen LogP contribution is -2.42. The highest BCUT2D eigenvalue weighted by molar-refractivity contribution is 7.90. The zero-order valence-electron chi connectivity index (χ0n) is 11.8. The molecule has 0 amide bonds. The molecule has 0 radical (unpaired) electrons. The molecule has 0 heterocycles. The minimum atomic E-state index is -3.10. The number of rotatable bonds is 7. The second-order valence-electron chi connectivity index (χ2n) is 6.27. The van der Waals surface area contributed by atoms with E-state index in [1.54, 1.807) is 7.05 Å². The van der Waals surface area contributed by atoms with Gasteiger partial charge in [0.25, 0.3) is 0 Å². The fourth-order valence-electron chi connectivity index (χ4n) is 2.05. The van der Waals surface area contributed by atoms with Crippen molar-refractivity contribution in [2.45, 2.75) is 51.3 Å². The lowest BCUT2D eigenvalue weighted by Gasteiger charge is -2.28. The molecule has 0 aliphatic heterocycles. The minimum absolute atomic E-state index is 0.000949. The van der Waals surface area contributed by atoms with Crippen LogP contribution < -0.4 is 5.43 Å². The van der Waals surface area contributed by atoms with E-state index in [0.29, 0.717) is 6.54 Å². The molecule has 1 fully saturated rings. The summed E-state index contributed by atoms with van der Waals surface area (Å²) < 4.78 is 25.6. The first-order chi connectivity index (χ1) is 8.16. The Bertz CT molecular complexity index is 383. The molecule has 18 heavy (non-hydrogen) atoms. The lowest BCUT2D eigenvalue weighted by atomic mass is 9.88. The molecule has 5 nitrogen and oxygen atoms in total. The van der Waals surface area contributed by atoms with Gasteiger partial charge in [-0.15, -0.1) is 0 Å². The van der Waals surface area contributed by atoms with Gasteiger partial charge in [-0.2, -0.15) is 5.10 Å². The Labute approximate surface area is 111 Å². The first kappa shape index (κ1) is 15.4. The molecule has 106 valence electrons. The van der Waals surface area contributed by atoms with Crippen molar-refractivity contribution in [2.24, 2.45) is 10.5 Å². The third-order valence-corrected chi connectivity index (χ3v) is 5.32. The number of likely N-dealkylation sites (N-methyl/N-ethyl adjacent to an activating group) is 1. The van der Waals surface area contributed by atoms with Crippen LogP contribution in [0.5, 0.6) is 0 Å². The van der Waals surface area contributed by atoms with Gasteiger partial charge >= 0.3 is 0 Å². The Morgan fingerprint density at radius 2 is 2.00 bits per heavy atom. The van der Waals surface area contributed by atoms with Crippen molar-refractivity contribution in [1.82, 2.24) is 9.73 Å². The first-order valence-electron chi connectivity index (χ1n) is 6.33. The number of hydrogen-bond acceptors (Lipinski definition) is 4. The predicted molar refractivity (Wildman–Crippen MR) is 75.1 cm³/mol. The van der Waals surface area contributed by atoms with Crippen LogP contribution in [0.15, 0.2) is 5.10 Å². The van der Waals surface area contributed by atoms with Crippen molar-refractivity contribution in [3.63, 3.8) is 0 Å². The molecule has 0 bridgehead atoms. The average Bonchev–Trinajstić information content (AvgIpc) is 2.97. The molecule has 0 saturated heterocycles. The van der Waals surface area contributed by atoms with Gasteiger partial charge in [-0.05, 0) is 24.7 Å². The molecule has 1 rings (SSSR count). The second kappa shape index (κ2) is 5.57. The quantitative estimate of drug-likeness (QED) is 0.564. The largest absolute Gasteiger partial charge is 0.306 e. The maximum absolute atomic E-state index is 12.1. The normalized spacial score (nSPS) is 18.7. The van der Waals surface area contributed by atoms with Gasteiger partial charge in [0, 0.05) is 20.3 Å². The molecule has 0 unspecified atom stereocenters. The van der Waals surface area contributed by atoms with E-state index in [1.807, 2.05) is 0 Å². The summed E-state index contributed by atoms with van der Waals surface area (Å²) in [5, 5.41) is 3.54. The van der Waals surface area contributed by atoms with Crippen molar-refractivity contribution in [2.75, 3.05) is 13.6 Å². The summed E-state index contributed by atoms with van der Waals surface area (Å²) in [6.45, 7) is 10.2. The predicted octanol–water partition coefficient (Wildman–Crippen LogP) is 1.42. The van der Waals surface area contributed by atoms with Crippen molar-refractivity contribution in [1.29, 1.82) is 0 Å². The van der Waals surface area contributed by atoms with Crippen LogP contribution in [0.3, 0.4) is 0 Å². The zero-order chi connectivity index (χ0) is 14.0. The van der Waals surface area contributed by atoms with E-state index >= 15 is 0 Å². The molecule has 1 N–H and O–H groups in total. The van der Waals surface area contributed by atoms with Crippen LogP contribution in [0.1, 0.15) is 40.0 Å². The van der Waals surface area contributed by atoms with Gasteiger partial charge < -0.3 is 5.43 Å². The smallest absolute Gasteiger partial charge is 0.216 e. The number of sulfonamides is 1. The molecular weight excluding hydrogens is 250 g/mol. The zero-order valence-corrected chi connectivity index (χ0v) is 12.6. The third-order valence-electron chi connectivity index (χ3n) is 2.99. The first-order valence-corrected chi connectivity index (χ1v) is 7.83. The standard InChI is InChI=1S/C12H25N3O2S/c1-12(2,3)8-10(14-13-4)9-15(5)18(16,17)11-6-7-11/h10-11,14H,4,6-9H2,1-3,5H3/t10-/m0/s1. The van der Waals surface area contributed by atoms with Crippen LogP contribution in [0.4, 0.5) is 0 Å². The Morgan fingerprint density at radius 3 is 2.39 bits per heavy atom. The molecule has 0 aromatic rings. The minimum Gasteiger partial charge on any atom is -0.306 e. The van der Waals surface area contributed by atoms with Gasteiger partial charge in [-0.1, -0.05) is 20.8 Å². The molecular formula is C12H25N3O2S. The van der Waals surface area contributed by atoms with E-state index in [9.17, 15) is 8.42 Å². The van der Waals surface area contributed by atoms with E-state index in [4.69, 9.17) is 0 Å². The van der Waals surface area contributed by atoms with Gasteiger partial charge in [-0.25, -0.2) is 12.7 Å².